The predicted molar refractivity (Wildman–Crippen MR) is 130 cm³/mol. The lowest BCUT2D eigenvalue weighted by Gasteiger charge is -2.09. The monoisotopic (exact) mass is 461 g/mol. The third-order valence-electron chi connectivity index (χ3n) is 5.20. The number of carbonyl (C=O) groups excluding carboxylic acids is 1. The highest BCUT2D eigenvalue weighted by molar-refractivity contribution is 6.42. The summed E-state index contributed by atoms with van der Waals surface area (Å²) in [7, 11) is 0. The van der Waals surface area contributed by atoms with Crippen molar-refractivity contribution in [2.45, 2.75) is 6.92 Å². The van der Waals surface area contributed by atoms with Gasteiger partial charge in [-0.25, -0.2) is 9.97 Å². The molecule has 2 aromatic heterocycles. The van der Waals surface area contributed by atoms with Gasteiger partial charge in [0.2, 0.25) is 0 Å². The van der Waals surface area contributed by atoms with Gasteiger partial charge in [-0.2, -0.15) is 0 Å². The first-order chi connectivity index (χ1) is 15.4. The number of fused-ring (bicyclic) bond motifs is 2. The standard InChI is InChI=1S/C24H17Cl2N5O/c1-13-6-8-14(9-7-13)28-24(32)20-21-23(30-19-5-3-2-4-18(19)29-21)31(22(20)27)15-10-11-16(25)17(26)12-15/h2-12H,27H2,1H3,(H,28,32). The highest BCUT2D eigenvalue weighted by Crippen LogP contribution is 2.33. The summed E-state index contributed by atoms with van der Waals surface area (Å²) in [5, 5.41) is 3.69. The van der Waals surface area contributed by atoms with Gasteiger partial charge < -0.3 is 11.1 Å². The summed E-state index contributed by atoms with van der Waals surface area (Å²) in [6.45, 7) is 1.98. The molecule has 0 atom stereocenters. The number of anilines is 2. The molecule has 0 fully saturated rings. The normalized spacial score (nSPS) is 11.2. The molecule has 6 nitrogen and oxygen atoms in total. The van der Waals surface area contributed by atoms with Crippen molar-refractivity contribution in [3.8, 4) is 5.69 Å². The number of para-hydroxylation sites is 2. The second kappa shape index (κ2) is 7.82. The van der Waals surface area contributed by atoms with Crippen LogP contribution < -0.4 is 11.1 Å². The van der Waals surface area contributed by atoms with Crippen molar-refractivity contribution >= 4 is 62.8 Å². The van der Waals surface area contributed by atoms with E-state index < -0.39 is 0 Å². The van der Waals surface area contributed by atoms with Crippen molar-refractivity contribution < 1.29 is 4.79 Å². The molecule has 0 aliphatic heterocycles. The van der Waals surface area contributed by atoms with Crippen molar-refractivity contribution in [3.63, 3.8) is 0 Å². The molecule has 0 saturated carbocycles. The van der Waals surface area contributed by atoms with Crippen LogP contribution in [0.15, 0.2) is 66.7 Å². The molecule has 5 aromatic rings. The van der Waals surface area contributed by atoms with Crippen LogP contribution >= 0.6 is 23.2 Å². The molecule has 0 bridgehead atoms. The highest BCUT2D eigenvalue weighted by Gasteiger charge is 2.25. The van der Waals surface area contributed by atoms with Crippen LogP contribution in [0.2, 0.25) is 10.0 Å². The molecule has 0 saturated heterocycles. The van der Waals surface area contributed by atoms with E-state index in [4.69, 9.17) is 38.9 Å². The minimum Gasteiger partial charge on any atom is -0.384 e. The van der Waals surface area contributed by atoms with Crippen molar-refractivity contribution in [2.75, 3.05) is 11.1 Å². The lowest BCUT2D eigenvalue weighted by molar-refractivity contribution is 0.102. The Balaban J connectivity index is 1.75. The van der Waals surface area contributed by atoms with E-state index in [9.17, 15) is 4.79 Å². The van der Waals surface area contributed by atoms with Crippen LogP contribution in [0.1, 0.15) is 15.9 Å². The number of nitrogen functional groups attached to an aromatic ring is 1. The molecule has 2 heterocycles. The van der Waals surface area contributed by atoms with E-state index in [0.717, 1.165) is 5.56 Å². The summed E-state index contributed by atoms with van der Waals surface area (Å²) in [6.07, 6.45) is 0. The smallest absolute Gasteiger partial charge is 0.261 e. The maximum Gasteiger partial charge on any atom is 0.261 e. The molecule has 5 rings (SSSR count). The van der Waals surface area contributed by atoms with E-state index in [2.05, 4.69) is 5.32 Å². The Morgan fingerprint density at radius 2 is 1.62 bits per heavy atom. The van der Waals surface area contributed by atoms with E-state index in [-0.39, 0.29) is 17.3 Å². The number of aryl methyl sites for hydroxylation is 1. The van der Waals surface area contributed by atoms with Crippen molar-refractivity contribution in [1.29, 1.82) is 0 Å². The molecule has 3 aromatic carbocycles. The second-order valence-corrected chi connectivity index (χ2v) is 8.21. The van der Waals surface area contributed by atoms with Crippen LogP contribution in [0.4, 0.5) is 11.5 Å². The average molecular weight is 462 g/mol. The first kappa shape index (κ1) is 20.3. The minimum atomic E-state index is -0.375. The van der Waals surface area contributed by atoms with E-state index in [1.807, 2.05) is 55.5 Å². The number of nitrogens with one attached hydrogen (secondary N) is 1. The third-order valence-corrected chi connectivity index (χ3v) is 5.93. The molecule has 0 radical (unpaired) electrons. The summed E-state index contributed by atoms with van der Waals surface area (Å²) >= 11 is 12.3. The van der Waals surface area contributed by atoms with E-state index >= 15 is 0 Å². The maximum absolute atomic E-state index is 13.3. The van der Waals surface area contributed by atoms with Crippen LogP contribution in [0, 0.1) is 6.92 Å². The van der Waals surface area contributed by atoms with Crippen LogP contribution in [0.3, 0.4) is 0 Å². The predicted octanol–water partition coefficient (Wildman–Crippen LogP) is 6.02. The number of amides is 1. The van der Waals surface area contributed by atoms with E-state index in [0.29, 0.717) is 43.6 Å². The fraction of sp³-hybridized carbons (Fsp3) is 0.0417. The minimum absolute atomic E-state index is 0.207. The average Bonchev–Trinajstić information content (AvgIpc) is 3.06. The molecular weight excluding hydrogens is 445 g/mol. The number of nitrogens with two attached hydrogens (primary N) is 1. The van der Waals surface area contributed by atoms with Crippen molar-refractivity contribution in [3.05, 3.63) is 87.9 Å². The Bertz CT molecular complexity index is 1510. The Morgan fingerprint density at radius 3 is 2.31 bits per heavy atom. The molecule has 0 aliphatic carbocycles. The fourth-order valence-electron chi connectivity index (χ4n) is 3.60. The molecule has 1 amide bonds. The largest absolute Gasteiger partial charge is 0.384 e. The Kier molecular flexibility index (Phi) is 4.96. The molecule has 0 aliphatic rings. The van der Waals surface area contributed by atoms with Gasteiger partial charge in [0.1, 0.15) is 16.9 Å². The topological polar surface area (TPSA) is 85.8 Å². The third kappa shape index (κ3) is 3.43. The molecule has 32 heavy (non-hydrogen) atoms. The summed E-state index contributed by atoms with van der Waals surface area (Å²) in [4.78, 5) is 22.8. The Labute approximate surface area is 193 Å². The van der Waals surface area contributed by atoms with Gasteiger partial charge in [-0.15, -0.1) is 0 Å². The summed E-state index contributed by atoms with van der Waals surface area (Å²) < 4.78 is 1.67. The maximum atomic E-state index is 13.3. The highest BCUT2D eigenvalue weighted by atomic mass is 35.5. The Morgan fingerprint density at radius 1 is 0.938 bits per heavy atom. The number of nitrogens with zero attached hydrogens (tertiary/aromatic N) is 3. The van der Waals surface area contributed by atoms with E-state index in [1.165, 1.54) is 0 Å². The molecule has 8 heteroatoms. The van der Waals surface area contributed by atoms with Gasteiger partial charge in [-0.3, -0.25) is 9.36 Å². The van der Waals surface area contributed by atoms with Gasteiger partial charge >= 0.3 is 0 Å². The Hall–Kier alpha value is -3.61. The number of carbonyl (C=O) groups is 1. The number of benzene rings is 3. The number of halogens is 2. The first-order valence-electron chi connectivity index (χ1n) is 9.82. The zero-order valence-corrected chi connectivity index (χ0v) is 18.4. The molecular formula is C24H17Cl2N5O. The summed E-state index contributed by atoms with van der Waals surface area (Å²) in [5.41, 5.74) is 11.3. The number of hydrogen-bond acceptors (Lipinski definition) is 4. The molecule has 0 spiro atoms. The zero-order chi connectivity index (χ0) is 22.4. The quantitative estimate of drug-likeness (QED) is 0.343. The summed E-state index contributed by atoms with van der Waals surface area (Å²) in [5.74, 6) is -0.168. The lowest BCUT2D eigenvalue weighted by atomic mass is 10.2. The molecule has 3 N–H and O–H groups in total. The van der Waals surface area contributed by atoms with Crippen LogP contribution in [-0.2, 0) is 0 Å². The van der Waals surface area contributed by atoms with Crippen LogP contribution in [0.25, 0.3) is 27.9 Å². The summed E-state index contributed by atoms with van der Waals surface area (Å²) in [6, 6.07) is 20.1. The number of hydrogen-bond donors (Lipinski definition) is 2. The SMILES string of the molecule is Cc1ccc(NC(=O)c2c(N)n(-c3ccc(Cl)c(Cl)c3)c3nc4ccccc4nc23)cc1. The van der Waals surface area contributed by atoms with Gasteiger partial charge in [0, 0.05) is 5.69 Å². The molecule has 0 unspecified atom stereocenters. The van der Waals surface area contributed by atoms with Gasteiger partial charge in [-0.1, -0.05) is 53.0 Å². The fourth-order valence-corrected chi connectivity index (χ4v) is 3.89. The zero-order valence-electron chi connectivity index (χ0n) is 16.9. The first-order valence-corrected chi connectivity index (χ1v) is 10.6. The second-order valence-electron chi connectivity index (χ2n) is 7.40. The lowest BCUT2D eigenvalue weighted by Crippen LogP contribution is -2.14. The van der Waals surface area contributed by atoms with E-state index in [1.54, 1.807) is 22.8 Å². The van der Waals surface area contributed by atoms with Crippen molar-refractivity contribution in [2.24, 2.45) is 0 Å². The number of aromatic nitrogens is 3. The van der Waals surface area contributed by atoms with Crippen LogP contribution in [-0.4, -0.2) is 20.4 Å². The van der Waals surface area contributed by atoms with Crippen LogP contribution in [0.5, 0.6) is 0 Å². The van der Waals surface area contributed by atoms with Gasteiger partial charge in [0.15, 0.2) is 5.65 Å². The van der Waals surface area contributed by atoms with Gasteiger partial charge in [0.05, 0.1) is 26.8 Å². The molecule has 158 valence electrons. The van der Waals surface area contributed by atoms with Crippen molar-refractivity contribution in [1.82, 2.24) is 14.5 Å². The van der Waals surface area contributed by atoms with Gasteiger partial charge in [0.25, 0.3) is 5.91 Å². The van der Waals surface area contributed by atoms with Gasteiger partial charge in [-0.05, 0) is 49.4 Å². The number of rotatable bonds is 3.